The Labute approximate surface area is 275 Å². The van der Waals surface area contributed by atoms with Gasteiger partial charge in [-0.3, -0.25) is 0 Å². The number of benzene rings is 3. The third kappa shape index (κ3) is 12.3. The van der Waals surface area contributed by atoms with Crippen LogP contribution in [0.3, 0.4) is 0 Å². The molecule has 6 heteroatoms. The van der Waals surface area contributed by atoms with Gasteiger partial charge in [0, 0.05) is 0 Å². The number of carbonyl (C=O) groups is 2. The summed E-state index contributed by atoms with van der Waals surface area (Å²) >= 11 is 0. The van der Waals surface area contributed by atoms with Gasteiger partial charge in [0.15, 0.2) is 6.10 Å². The molecule has 1 saturated heterocycles. The number of rotatable bonds is 22. The molecule has 1 aliphatic rings. The highest BCUT2D eigenvalue weighted by Gasteiger charge is 2.45. The number of epoxide rings is 1. The zero-order chi connectivity index (χ0) is 32.4. The van der Waals surface area contributed by atoms with E-state index >= 15 is 0 Å². The van der Waals surface area contributed by atoms with Crippen LogP contribution in [0, 0.1) is 0 Å². The van der Waals surface area contributed by atoms with Crippen molar-refractivity contribution in [1.82, 2.24) is 0 Å². The maximum atomic E-state index is 12.7. The van der Waals surface area contributed by atoms with Crippen LogP contribution in [0.25, 0.3) is 11.1 Å². The van der Waals surface area contributed by atoms with Gasteiger partial charge in [0.25, 0.3) is 0 Å². The second-order valence-electron chi connectivity index (χ2n) is 12.4. The van der Waals surface area contributed by atoms with Gasteiger partial charge in [-0.05, 0) is 72.5 Å². The number of ether oxygens (including phenoxy) is 4. The normalized spacial score (nSPS) is 15.3. The predicted octanol–water partition coefficient (Wildman–Crippen LogP) is 10.5. The third-order valence-corrected chi connectivity index (χ3v) is 8.48. The summed E-state index contributed by atoms with van der Waals surface area (Å²) in [5.41, 5.74) is 2.39. The molecule has 4 rings (SSSR count). The average molecular weight is 629 g/mol. The fourth-order valence-corrected chi connectivity index (χ4v) is 5.58. The summed E-state index contributed by atoms with van der Waals surface area (Å²) in [7, 11) is 0. The summed E-state index contributed by atoms with van der Waals surface area (Å²) in [5, 5.41) is 0. The summed E-state index contributed by atoms with van der Waals surface area (Å²) in [6, 6.07) is 21.8. The first-order valence-corrected chi connectivity index (χ1v) is 17.6. The lowest BCUT2D eigenvalue weighted by Crippen LogP contribution is -2.17. The minimum Gasteiger partial charge on any atom is -0.494 e. The molecule has 1 aliphatic heterocycles. The van der Waals surface area contributed by atoms with Crippen LogP contribution in [0.5, 0.6) is 17.2 Å². The molecular formula is C40H52O6. The Balaban J connectivity index is 1.14. The molecule has 3 aromatic rings. The standard InChI is InChI=1S/C40H52O6/c1-3-5-7-9-11-12-14-16-30-43-34-24-22-33(23-25-34)39(41)44-35-26-18-31(19-27-35)32-20-28-36(29-21-32)45-40(42)38-37(46-38)17-15-13-10-8-6-4-2/h18-29,37-38H,3-17,30H2,1-2H3/t37-,38+/m0/s1. The lowest BCUT2D eigenvalue weighted by atomic mass is 10.1. The fraction of sp³-hybridized carbons (Fsp3) is 0.500. The number of unbranched alkanes of at least 4 members (excludes halogenated alkanes) is 12. The van der Waals surface area contributed by atoms with Crippen molar-refractivity contribution in [1.29, 1.82) is 0 Å². The van der Waals surface area contributed by atoms with Gasteiger partial charge in [0.05, 0.1) is 18.3 Å². The molecule has 6 nitrogen and oxygen atoms in total. The van der Waals surface area contributed by atoms with E-state index in [-0.39, 0.29) is 12.1 Å². The van der Waals surface area contributed by atoms with Crippen molar-refractivity contribution >= 4 is 11.9 Å². The molecule has 248 valence electrons. The Hall–Kier alpha value is -3.64. The summed E-state index contributed by atoms with van der Waals surface area (Å²) in [4.78, 5) is 25.2. The van der Waals surface area contributed by atoms with Gasteiger partial charge in [-0.2, -0.15) is 0 Å². The molecule has 0 spiro atoms. The van der Waals surface area contributed by atoms with Gasteiger partial charge >= 0.3 is 11.9 Å². The van der Waals surface area contributed by atoms with E-state index in [0.29, 0.717) is 23.7 Å². The monoisotopic (exact) mass is 628 g/mol. The van der Waals surface area contributed by atoms with E-state index in [1.54, 1.807) is 36.4 Å². The first-order valence-electron chi connectivity index (χ1n) is 17.6. The van der Waals surface area contributed by atoms with Crippen molar-refractivity contribution in [3.05, 3.63) is 78.4 Å². The highest BCUT2D eigenvalue weighted by atomic mass is 16.6. The Morgan fingerprint density at radius 1 is 0.565 bits per heavy atom. The average Bonchev–Trinajstić information content (AvgIpc) is 3.86. The smallest absolute Gasteiger partial charge is 0.343 e. The summed E-state index contributed by atoms with van der Waals surface area (Å²) in [6.07, 6.45) is 17.9. The Kier molecular flexibility index (Phi) is 15.1. The lowest BCUT2D eigenvalue weighted by Gasteiger charge is -2.09. The third-order valence-electron chi connectivity index (χ3n) is 8.48. The van der Waals surface area contributed by atoms with E-state index in [1.165, 1.54) is 77.0 Å². The maximum Gasteiger partial charge on any atom is 0.343 e. The van der Waals surface area contributed by atoms with Crippen LogP contribution in [0.1, 0.15) is 121 Å². The molecule has 2 atom stereocenters. The lowest BCUT2D eigenvalue weighted by molar-refractivity contribution is -0.135. The van der Waals surface area contributed by atoms with Crippen molar-refractivity contribution in [3.8, 4) is 28.4 Å². The molecule has 0 bridgehead atoms. The van der Waals surface area contributed by atoms with Crippen LogP contribution in [-0.4, -0.2) is 30.8 Å². The second kappa shape index (κ2) is 19.8. The molecule has 1 fully saturated rings. The zero-order valence-corrected chi connectivity index (χ0v) is 27.8. The minimum absolute atomic E-state index is 0.00619. The Morgan fingerprint density at radius 3 is 1.61 bits per heavy atom. The predicted molar refractivity (Wildman–Crippen MR) is 184 cm³/mol. The van der Waals surface area contributed by atoms with Crippen LogP contribution in [0.2, 0.25) is 0 Å². The van der Waals surface area contributed by atoms with Gasteiger partial charge in [0.1, 0.15) is 17.2 Å². The molecular weight excluding hydrogens is 576 g/mol. The molecule has 46 heavy (non-hydrogen) atoms. The first-order chi connectivity index (χ1) is 22.6. The van der Waals surface area contributed by atoms with Crippen molar-refractivity contribution in [2.45, 2.75) is 122 Å². The minimum atomic E-state index is -0.443. The molecule has 0 N–H and O–H groups in total. The molecule has 0 radical (unpaired) electrons. The van der Waals surface area contributed by atoms with Crippen molar-refractivity contribution in [2.75, 3.05) is 6.61 Å². The number of hydrogen-bond donors (Lipinski definition) is 0. The highest BCUT2D eigenvalue weighted by molar-refractivity contribution is 5.91. The van der Waals surface area contributed by atoms with Gasteiger partial charge < -0.3 is 18.9 Å². The first kappa shape index (κ1) is 35.2. The Morgan fingerprint density at radius 2 is 1.04 bits per heavy atom. The molecule has 0 aliphatic carbocycles. The van der Waals surface area contributed by atoms with E-state index in [4.69, 9.17) is 18.9 Å². The zero-order valence-electron chi connectivity index (χ0n) is 27.8. The van der Waals surface area contributed by atoms with Gasteiger partial charge in [-0.25, -0.2) is 9.59 Å². The van der Waals surface area contributed by atoms with E-state index < -0.39 is 12.1 Å². The summed E-state index contributed by atoms with van der Waals surface area (Å²) < 4.78 is 22.5. The van der Waals surface area contributed by atoms with E-state index in [2.05, 4.69) is 13.8 Å². The van der Waals surface area contributed by atoms with Crippen LogP contribution < -0.4 is 14.2 Å². The number of esters is 2. The van der Waals surface area contributed by atoms with Crippen molar-refractivity contribution < 1.29 is 28.5 Å². The van der Waals surface area contributed by atoms with Crippen LogP contribution in [0.4, 0.5) is 0 Å². The van der Waals surface area contributed by atoms with Gasteiger partial charge in [-0.15, -0.1) is 0 Å². The molecule has 0 unspecified atom stereocenters. The highest BCUT2D eigenvalue weighted by Crippen LogP contribution is 2.30. The number of carbonyl (C=O) groups excluding carboxylic acids is 2. The van der Waals surface area contributed by atoms with Crippen LogP contribution in [0.15, 0.2) is 72.8 Å². The van der Waals surface area contributed by atoms with E-state index in [9.17, 15) is 9.59 Å². The topological polar surface area (TPSA) is 74.4 Å². The molecule has 0 amide bonds. The number of hydrogen-bond acceptors (Lipinski definition) is 6. The summed E-state index contributed by atoms with van der Waals surface area (Å²) in [6.45, 7) is 5.15. The fourth-order valence-electron chi connectivity index (χ4n) is 5.58. The van der Waals surface area contributed by atoms with Crippen molar-refractivity contribution in [2.24, 2.45) is 0 Å². The second-order valence-corrected chi connectivity index (χ2v) is 12.4. The van der Waals surface area contributed by atoms with Crippen molar-refractivity contribution in [3.63, 3.8) is 0 Å². The largest absolute Gasteiger partial charge is 0.494 e. The molecule has 0 aromatic heterocycles. The Bertz CT molecular complexity index is 1300. The SMILES string of the molecule is CCCCCCCCCCOc1ccc(C(=O)Oc2ccc(-c3ccc(OC(=O)[C@@H]4O[C@H]4CCCCCCCC)cc3)cc2)cc1. The summed E-state index contributed by atoms with van der Waals surface area (Å²) in [5.74, 6) is 0.989. The van der Waals surface area contributed by atoms with Crippen LogP contribution in [-0.2, 0) is 9.53 Å². The van der Waals surface area contributed by atoms with Gasteiger partial charge in [0.2, 0.25) is 0 Å². The maximum absolute atomic E-state index is 12.7. The molecule has 0 saturated carbocycles. The van der Waals surface area contributed by atoms with Gasteiger partial charge in [-0.1, -0.05) is 122 Å². The van der Waals surface area contributed by atoms with E-state index in [1.807, 2.05) is 36.4 Å². The van der Waals surface area contributed by atoms with Crippen LogP contribution >= 0.6 is 0 Å². The molecule has 3 aromatic carbocycles. The quantitative estimate of drug-likeness (QED) is 0.0477. The van der Waals surface area contributed by atoms with E-state index in [0.717, 1.165) is 36.1 Å². The molecule has 1 heterocycles.